The van der Waals surface area contributed by atoms with Gasteiger partial charge in [0.2, 0.25) is 12.7 Å². The van der Waals surface area contributed by atoms with Crippen molar-refractivity contribution < 1.29 is 14.3 Å². The molecule has 2 aromatic carbocycles. The largest absolute Gasteiger partial charge is 0.454 e. The molecule has 0 radical (unpaired) electrons. The zero-order valence-electron chi connectivity index (χ0n) is 13.0. The van der Waals surface area contributed by atoms with Crippen LogP contribution in [-0.2, 0) is 4.79 Å². The van der Waals surface area contributed by atoms with Crippen LogP contribution in [0.15, 0.2) is 47.4 Å². The zero-order valence-corrected chi connectivity index (χ0v) is 13.8. The van der Waals surface area contributed by atoms with E-state index in [1.807, 2.05) is 55.6 Å². The van der Waals surface area contributed by atoms with Crippen molar-refractivity contribution in [1.29, 1.82) is 0 Å². The summed E-state index contributed by atoms with van der Waals surface area (Å²) in [7, 11) is 0. The molecule has 2 N–H and O–H groups in total. The van der Waals surface area contributed by atoms with Crippen LogP contribution in [-0.4, -0.2) is 25.0 Å². The SMILES string of the molecule is CSc1ccccc1NC(=O)[C@@H](C)Nc1ccc2c(c1)OCO2. The normalized spacial score (nSPS) is 13.5. The van der Waals surface area contributed by atoms with E-state index in [1.165, 1.54) is 0 Å². The van der Waals surface area contributed by atoms with E-state index in [9.17, 15) is 4.79 Å². The van der Waals surface area contributed by atoms with E-state index in [1.54, 1.807) is 11.8 Å². The van der Waals surface area contributed by atoms with E-state index in [0.717, 1.165) is 22.0 Å². The first kappa shape index (κ1) is 15.6. The maximum absolute atomic E-state index is 12.4. The van der Waals surface area contributed by atoms with Crippen LogP contribution in [0.1, 0.15) is 6.92 Å². The van der Waals surface area contributed by atoms with Gasteiger partial charge >= 0.3 is 0 Å². The second-order valence-electron chi connectivity index (χ2n) is 5.12. The van der Waals surface area contributed by atoms with Crippen molar-refractivity contribution in [1.82, 2.24) is 0 Å². The van der Waals surface area contributed by atoms with Gasteiger partial charge in [0, 0.05) is 16.6 Å². The van der Waals surface area contributed by atoms with Crippen LogP contribution in [0, 0.1) is 0 Å². The molecule has 1 aliphatic rings. The van der Waals surface area contributed by atoms with Crippen LogP contribution < -0.4 is 20.1 Å². The molecule has 0 saturated carbocycles. The van der Waals surface area contributed by atoms with E-state index in [2.05, 4.69) is 10.6 Å². The van der Waals surface area contributed by atoms with Crippen molar-refractivity contribution in [2.75, 3.05) is 23.7 Å². The smallest absolute Gasteiger partial charge is 0.246 e. The molecule has 0 saturated heterocycles. The molecular weight excluding hydrogens is 312 g/mol. The summed E-state index contributed by atoms with van der Waals surface area (Å²) in [5.41, 5.74) is 1.64. The van der Waals surface area contributed by atoms with E-state index in [0.29, 0.717) is 5.75 Å². The Morgan fingerprint density at radius 1 is 1.17 bits per heavy atom. The third-order valence-corrected chi connectivity index (χ3v) is 4.31. The molecule has 1 heterocycles. The van der Waals surface area contributed by atoms with Crippen LogP contribution in [0.25, 0.3) is 0 Å². The Hall–Kier alpha value is -2.34. The number of nitrogens with one attached hydrogen (secondary N) is 2. The lowest BCUT2D eigenvalue weighted by atomic mass is 10.2. The van der Waals surface area contributed by atoms with Crippen LogP contribution in [0.2, 0.25) is 0 Å². The molecule has 1 amide bonds. The minimum atomic E-state index is -0.384. The number of thioether (sulfide) groups is 1. The summed E-state index contributed by atoms with van der Waals surface area (Å²) in [5, 5.41) is 6.13. The van der Waals surface area contributed by atoms with Crippen molar-refractivity contribution >= 4 is 29.0 Å². The number of carbonyl (C=O) groups is 1. The molecule has 0 unspecified atom stereocenters. The molecular formula is C17H18N2O3S. The lowest BCUT2D eigenvalue weighted by Gasteiger charge is -2.16. The van der Waals surface area contributed by atoms with Crippen LogP contribution >= 0.6 is 11.8 Å². The zero-order chi connectivity index (χ0) is 16.2. The van der Waals surface area contributed by atoms with Gasteiger partial charge in [0.1, 0.15) is 6.04 Å². The number of hydrogen-bond acceptors (Lipinski definition) is 5. The van der Waals surface area contributed by atoms with Crippen molar-refractivity contribution in [3.63, 3.8) is 0 Å². The summed E-state index contributed by atoms with van der Waals surface area (Å²) in [6.45, 7) is 2.06. The third kappa shape index (κ3) is 3.53. The first-order valence-corrected chi connectivity index (χ1v) is 8.50. The number of rotatable bonds is 5. The second-order valence-corrected chi connectivity index (χ2v) is 5.97. The molecule has 6 heteroatoms. The van der Waals surface area contributed by atoms with Gasteiger partial charge in [-0.1, -0.05) is 12.1 Å². The predicted octanol–water partition coefficient (Wildman–Crippen LogP) is 3.58. The average Bonchev–Trinajstić information content (AvgIpc) is 3.03. The summed E-state index contributed by atoms with van der Waals surface area (Å²) >= 11 is 1.60. The fourth-order valence-electron chi connectivity index (χ4n) is 2.29. The van der Waals surface area contributed by atoms with Gasteiger partial charge in [0.05, 0.1) is 5.69 Å². The third-order valence-electron chi connectivity index (χ3n) is 3.51. The lowest BCUT2D eigenvalue weighted by molar-refractivity contribution is -0.116. The first-order valence-electron chi connectivity index (χ1n) is 7.27. The molecule has 120 valence electrons. The van der Waals surface area contributed by atoms with Crippen LogP contribution in [0.4, 0.5) is 11.4 Å². The lowest BCUT2D eigenvalue weighted by Crippen LogP contribution is -2.32. The predicted molar refractivity (Wildman–Crippen MR) is 92.5 cm³/mol. The minimum absolute atomic E-state index is 0.0934. The van der Waals surface area contributed by atoms with Gasteiger partial charge in [-0.25, -0.2) is 0 Å². The van der Waals surface area contributed by atoms with Crippen LogP contribution in [0.5, 0.6) is 11.5 Å². The Morgan fingerprint density at radius 2 is 1.96 bits per heavy atom. The van der Waals surface area contributed by atoms with Gasteiger partial charge in [-0.05, 0) is 37.4 Å². The average molecular weight is 330 g/mol. The number of benzene rings is 2. The van der Waals surface area contributed by atoms with Gasteiger partial charge in [0.15, 0.2) is 11.5 Å². The number of para-hydroxylation sites is 1. The number of amides is 1. The molecule has 0 spiro atoms. The van der Waals surface area contributed by atoms with Gasteiger partial charge in [-0.3, -0.25) is 4.79 Å². The van der Waals surface area contributed by atoms with Crippen molar-refractivity contribution in [2.24, 2.45) is 0 Å². The maximum atomic E-state index is 12.4. The highest BCUT2D eigenvalue weighted by molar-refractivity contribution is 7.98. The van der Waals surface area contributed by atoms with Gasteiger partial charge in [-0.2, -0.15) is 0 Å². The topological polar surface area (TPSA) is 59.6 Å². The maximum Gasteiger partial charge on any atom is 0.246 e. The molecule has 1 aliphatic heterocycles. The highest BCUT2D eigenvalue weighted by atomic mass is 32.2. The summed E-state index contributed by atoms with van der Waals surface area (Å²) in [5.74, 6) is 1.32. The minimum Gasteiger partial charge on any atom is -0.454 e. The molecule has 0 aromatic heterocycles. The van der Waals surface area contributed by atoms with Crippen molar-refractivity contribution in [2.45, 2.75) is 17.9 Å². The van der Waals surface area contributed by atoms with E-state index in [-0.39, 0.29) is 18.7 Å². The molecule has 5 nitrogen and oxygen atoms in total. The fraction of sp³-hybridized carbons (Fsp3) is 0.235. The summed E-state index contributed by atoms with van der Waals surface area (Å²) in [4.78, 5) is 13.4. The fourth-order valence-corrected chi connectivity index (χ4v) is 2.84. The molecule has 0 fully saturated rings. The first-order chi connectivity index (χ1) is 11.2. The molecule has 2 aromatic rings. The molecule has 0 bridgehead atoms. The van der Waals surface area contributed by atoms with E-state index >= 15 is 0 Å². The Labute approximate surface area is 139 Å². The highest BCUT2D eigenvalue weighted by Crippen LogP contribution is 2.34. The van der Waals surface area contributed by atoms with Crippen molar-refractivity contribution in [3.8, 4) is 11.5 Å². The summed E-state index contributed by atoms with van der Waals surface area (Å²) in [6, 6.07) is 12.9. The Morgan fingerprint density at radius 3 is 2.78 bits per heavy atom. The number of carbonyl (C=O) groups excluding carboxylic acids is 1. The number of ether oxygens (including phenoxy) is 2. The second kappa shape index (κ2) is 6.83. The Kier molecular flexibility index (Phi) is 4.62. The number of hydrogen-bond donors (Lipinski definition) is 2. The van der Waals surface area contributed by atoms with E-state index in [4.69, 9.17) is 9.47 Å². The van der Waals surface area contributed by atoms with E-state index < -0.39 is 0 Å². The number of anilines is 2. The standard InChI is InChI=1S/C17H18N2O3S/c1-11(17(20)19-13-5-3-4-6-16(13)23-2)18-12-7-8-14-15(9-12)22-10-21-14/h3-9,11,18H,10H2,1-2H3,(H,19,20)/t11-/m1/s1. The molecule has 23 heavy (non-hydrogen) atoms. The van der Waals surface area contributed by atoms with Crippen LogP contribution in [0.3, 0.4) is 0 Å². The number of fused-ring (bicyclic) bond motifs is 1. The summed E-state index contributed by atoms with van der Waals surface area (Å²) < 4.78 is 10.6. The van der Waals surface area contributed by atoms with Gasteiger partial charge in [0.25, 0.3) is 0 Å². The summed E-state index contributed by atoms with van der Waals surface area (Å²) in [6.07, 6.45) is 1.99. The van der Waals surface area contributed by atoms with Gasteiger partial charge in [-0.15, -0.1) is 11.8 Å². The molecule has 0 aliphatic carbocycles. The van der Waals surface area contributed by atoms with Crippen molar-refractivity contribution in [3.05, 3.63) is 42.5 Å². The highest BCUT2D eigenvalue weighted by Gasteiger charge is 2.17. The molecule has 1 atom stereocenters. The Bertz CT molecular complexity index is 721. The Balaban J connectivity index is 1.66. The quantitative estimate of drug-likeness (QED) is 0.821. The van der Waals surface area contributed by atoms with Gasteiger partial charge < -0.3 is 20.1 Å². The molecule has 3 rings (SSSR count). The monoisotopic (exact) mass is 330 g/mol.